The summed E-state index contributed by atoms with van der Waals surface area (Å²) in [4.78, 5) is 4.73. The van der Waals surface area contributed by atoms with Crippen LogP contribution in [-0.4, -0.2) is 18.1 Å². The Morgan fingerprint density at radius 1 is 1.44 bits per heavy atom. The van der Waals surface area contributed by atoms with Crippen molar-refractivity contribution in [3.05, 3.63) is 17.3 Å². The highest BCUT2D eigenvalue weighted by Gasteiger charge is 2.28. The number of hydrogen-bond donors (Lipinski definition) is 1. The Morgan fingerprint density at radius 2 is 2.19 bits per heavy atom. The second-order valence-electron chi connectivity index (χ2n) is 5.62. The maximum Gasteiger partial charge on any atom is 0.199 e. The van der Waals surface area contributed by atoms with E-state index in [1.54, 1.807) is 0 Å². The minimum absolute atomic E-state index is 0.0825. The molecule has 1 N–H and O–H groups in total. The van der Waals surface area contributed by atoms with Crippen LogP contribution in [0.1, 0.15) is 57.4 Å². The number of nitrogens with one attached hydrogen (secondary N) is 1. The van der Waals surface area contributed by atoms with E-state index in [9.17, 15) is 0 Å². The Kier molecular flexibility index (Phi) is 3.06. The van der Waals surface area contributed by atoms with Crippen LogP contribution in [0.4, 0.5) is 0 Å². The highest BCUT2D eigenvalue weighted by Crippen LogP contribution is 2.30. The van der Waals surface area contributed by atoms with Gasteiger partial charge >= 0.3 is 0 Å². The van der Waals surface area contributed by atoms with Crippen LogP contribution in [-0.2, 0) is 11.8 Å². The van der Waals surface area contributed by atoms with Gasteiger partial charge in [0.2, 0.25) is 0 Å². The average Bonchev–Trinajstić information content (AvgIpc) is 2.85. The fraction of sp³-hybridized carbons (Fsp3) is 0.769. The summed E-state index contributed by atoms with van der Waals surface area (Å²) in [5, 5.41) is 3.36. The van der Waals surface area contributed by atoms with Crippen molar-refractivity contribution in [2.24, 2.45) is 0 Å². The molecule has 0 bridgehead atoms. The summed E-state index contributed by atoms with van der Waals surface area (Å²) in [7, 11) is 0. The Morgan fingerprint density at radius 3 is 2.62 bits per heavy atom. The summed E-state index contributed by atoms with van der Waals surface area (Å²) in [6, 6.07) is 0. The molecule has 1 aromatic rings. The van der Waals surface area contributed by atoms with Gasteiger partial charge in [-0.1, -0.05) is 27.7 Å². The van der Waals surface area contributed by atoms with Crippen molar-refractivity contribution >= 4 is 0 Å². The molecule has 1 aliphatic heterocycles. The molecule has 3 nitrogen and oxygen atoms in total. The predicted molar refractivity (Wildman–Crippen MR) is 64.8 cm³/mol. The smallest absolute Gasteiger partial charge is 0.199 e. The predicted octanol–water partition coefficient (Wildman–Crippen LogP) is 2.61. The van der Waals surface area contributed by atoms with Gasteiger partial charge in [0.15, 0.2) is 5.89 Å². The summed E-state index contributed by atoms with van der Waals surface area (Å²) in [5.41, 5.74) is 1.22. The van der Waals surface area contributed by atoms with Crippen LogP contribution in [0.2, 0.25) is 0 Å². The minimum Gasteiger partial charge on any atom is -0.445 e. The first kappa shape index (κ1) is 11.6. The highest BCUT2D eigenvalue weighted by atomic mass is 16.4. The molecule has 1 atom stereocenters. The van der Waals surface area contributed by atoms with Gasteiger partial charge in [0.05, 0.1) is 5.69 Å². The lowest BCUT2D eigenvalue weighted by Gasteiger charge is -2.15. The zero-order valence-corrected chi connectivity index (χ0v) is 10.8. The van der Waals surface area contributed by atoms with Crippen molar-refractivity contribution in [3.63, 3.8) is 0 Å². The number of aryl methyl sites for hydroxylation is 1. The van der Waals surface area contributed by atoms with Crippen molar-refractivity contribution in [1.82, 2.24) is 10.3 Å². The molecule has 16 heavy (non-hydrogen) atoms. The lowest BCUT2D eigenvalue weighted by molar-refractivity contribution is 0.426. The van der Waals surface area contributed by atoms with Gasteiger partial charge in [0, 0.05) is 24.3 Å². The third-order valence-electron chi connectivity index (χ3n) is 3.15. The zero-order valence-electron chi connectivity index (χ0n) is 10.8. The third-order valence-corrected chi connectivity index (χ3v) is 3.15. The molecule has 1 fully saturated rings. The summed E-state index contributed by atoms with van der Waals surface area (Å²) >= 11 is 0. The molecule has 0 aliphatic carbocycles. The molecule has 3 heteroatoms. The SMILES string of the molecule is CCc1oc(C2CCNC2)nc1C(C)(C)C. The maximum atomic E-state index is 5.92. The standard InChI is InChI=1S/C13H22N2O/c1-5-10-11(13(2,3)4)15-12(16-10)9-6-7-14-8-9/h9,14H,5-8H2,1-4H3. The first-order valence-corrected chi connectivity index (χ1v) is 6.23. The van der Waals surface area contributed by atoms with Gasteiger partial charge in [-0.25, -0.2) is 4.98 Å². The van der Waals surface area contributed by atoms with Gasteiger partial charge in [-0.2, -0.15) is 0 Å². The third kappa shape index (κ3) is 2.14. The van der Waals surface area contributed by atoms with E-state index in [0.717, 1.165) is 43.3 Å². The molecular formula is C13H22N2O. The van der Waals surface area contributed by atoms with E-state index in [4.69, 9.17) is 9.40 Å². The molecule has 0 amide bonds. The summed E-state index contributed by atoms with van der Waals surface area (Å²) < 4.78 is 5.92. The molecule has 1 saturated heterocycles. The average molecular weight is 222 g/mol. The second kappa shape index (κ2) is 4.21. The number of rotatable bonds is 2. The van der Waals surface area contributed by atoms with E-state index in [1.165, 1.54) is 0 Å². The highest BCUT2D eigenvalue weighted by molar-refractivity contribution is 5.20. The van der Waals surface area contributed by atoms with Crippen molar-refractivity contribution in [2.45, 2.75) is 51.9 Å². The van der Waals surface area contributed by atoms with E-state index in [1.807, 2.05) is 0 Å². The molecule has 0 saturated carbocycles. The fourth-order valence-electron chi connectivity index (χ4n) is 2.24. The molecule has 0 aromatic carbocycles. The van der Waals surface area contributed by atoms with Gasteiger partial charge < -0.3 is 9.73 Å². The molecular weight excluding hydrogens is 200 g/mol. The monoisotopic (exact) mass is 222 g/mol. The Labute approximate surface area is 97.6 Å². The van der Waals surface area contributed by atoms with Gasteiger partial charge in [0.1, 0.15) is 5.76 Å². The van der Waals surface area contributed by atoms with Crippen molar-refractivity contribution in [3.8, 4) is 0 Å². The number of oxazole rings is 1. The fourth-order valence-corrected chi connectivity index (χ4v) is 2.24. The van der Waals surface area contributed by atoms with E-state index in [-0.39, 0.29) is 5.41 Å². The first-order chi connectivity index (χ1) is 7.52. The van der Waals surface area contributed by atoms with E-state index in [0.29, 0.717) is 5.92 Å². The number of hydrogen-bond acceptors (Lipinski definition) is 3. The second-order valence-corrected chi connectivity index (χ2v) is 5.62. The first-order valence-electron chi connectivity index (χ1n) is 6.23. The van der Waals surface area contributed by atoms with Crippen LogP contribution in [0, 0.1) is 0 Å². The molecule has 0 radical (unpaired) electrons. The maximum absolute atomic E-state index is 5.92. The number of nitrogens with zero attached hydrogens (tertiary/aromatic N) is 1. The lowest BCUT2D eigenvalue weighted by Crippen LogP contribution is -2.14. The minimum atomic E-state index is 0.0825. The summed E-state index contributed by atoms with van der Waals surface area (Å²) in [5.74, 6) is 2.47. The largest absolute Gasteiger partial charge is 0.445 e. The van der Waals surface area contributed by atoms with E-state index < -0.39 is 0 Å². The van der Waals surface area contributed by atoms with Crippen LogP contribution in [0.3, 0.4) is 0 Å². The Balaban J connectivity index is 2.31. The molecule has 90 valence electrons. The van der Waals surface area contributed by atoms with Crippen LogP contribution in [0.5, 0.6) is 0 Å². The lowest BCUT2D eigenvalue weighted by atomic mass is 9.90. The van der Waals surface area contributed by atoms with Gasteiger partial charge in [-0.15, -0.1) is 0 Å². The molecule has 1 aromatic heterocycles. The van der Waals surface area contributed by atoms with Crippen LogP contribution in [0.25, 0.3) is 0 Å². The Hall–Kier alpha value is -0.830. The topological polar surface area (TPSA) is 38.1 Å². The van der Waals surface area contributed by atoms with Gasteiger partial charge in [-0.05, 0) is 13.0 Å². The van der Waals surface area contributed by atoms with Crippen molar-refractivity contribution in [1.29, 1.82) is 0 Å². The molecule has 2 heterocycles. The van der Waals surface area contributed by atoms with Gasteiger partial charge in [0.25, 0.3) is 0 Å². The van der Waals surface area contributed by atoms with Crippen LogP contribution in [0.15, 0.2) is 4.42 Å². The quantitative estimate of drug-likeness (QED) is 0.836. The Bertz CT molecular complexity index is 356. The zero-order chi connectivity index (χ0) is 11.8. The van der Waals surface area contributed by atoms with E-state index in [2.05, 4.69) is 33.0 Å². The molecule has 2 rings (SSSR count). The van der Waals surface area contributed by atoms with Crippen LogP contribution < -0.4 is 5.32 Å². The van der Waals surface area contributed by atoms with Crippen molar-refractivity contribution < 1.29 is 4.42 Å². The summed E-state index contributed by atoms with van der Waals surface area (Å²) in [6.07, 6.45) is 2.08. The number of aromatic nitrogens is 1. The molecule has 1 unspecified atom stereocenters. The summed E-state index contributed by atoms with van der Waals surface area (Å²) in [6.45, 7) is 10.8. The molecule has 0 spiro atoms. The van der Waals surface area contributed by atoms with Gasteiger partial charge in [-0.3, -0.25) is 0 Å². The van der Waals surface area contributed by atoms with Crippen LogP contribution >= 0.6 is 0 Å². The van der Waals surface area contributed by atoms with E-state index >= 15 is 0 Å². The molecule has 1 aliphatic rings. The van der Waals surface area contributed by atoms with Crippen molar-refractivity contribution in [2.75, 3.05) is 13.1 Å². The normalized spacial score (nSPS) is 21.6.